The van der Waals surface area contributed by atoms with E-state index >= 15 is 0 Å². The lowest BCUT2D eigenvalue weighted by Crippen LogP contribution is -2.30. The Balaban J connectivity index is 5.46. The third-order valence-electron chi connectivity index (χ3n) is 17.3. The van der Waals surface area contributed by atoms with Crippen LogP contribution in [0.5, 0.6) is 0 Å². The van der Waals surface area contributed by atoms with Gasteiger partial charge in [0, 0.05) is 25.7 Å². The van der Waals surface area contributed by atoms with Gasteiger partial charge < -0.3 is 33.8 Å². The minimum Gasteiger partial charge on any atom is -0.462 e. The molecule has 17 nitrogen and oxygen atoms in total. The Morgan fingerprint density at radius 3 is 0.769 bits per heavy atom. The number of rotatable bonds is 78. The van der Waals surface area contributed by atoms with Crippen molar-refractivity contribution in [2.75, 3.05) is 39.6 Å². The van der Waals surface area contributed by atoms with Gasteiger partial charge in [0.1, 0.15) is 19.3 Å². The molecule has 0 aliphatic rings. The zero-order valence-electron chi connectivity index (χ0n) is 67.7. The highest BCUT2D eigenvalue weighted by molar-refractivity contribution is 7.47. The molecule has 19 heteroatoms. The summed E-state index contributed by atoms with van der Waals surface area (Å²) in [4.78, 5) is 73.2. The molecule has 0 saturated heterocycles. The quantitative estimate of drug-likeness (QED) is 0.0169. The molecule has 0 aromatic heterocycles. The molecule has 0 aromatic rings. The SMILES string of the molecule is CC/C=C\C/C=C\C/C=C\C/C=C\C/C=C\CCCCCC(=O)O[C@H](COC(=O)CCCCCCC/C=C\CCCCCCCC)COP(=O)(O)OC[C@@H](O)COP(=O)(O)OC[C@@H](COC(=O)CCCCCCCCC/C=C\CCCCCC)OC(=O)CCCCC/C=C\C/C=C\C/C=C\C/C=C\C/C=C\CC. The number of hydrogen-bond donors (Lipinski definition) is 3. The van der Waals surface area contributed by atoms with E-state index in [2.05, 4.69) is 174 Å². The number of aliphatic hydroxyl groups excluding tert-OH is 1. The number of hydrogen-bond acceptors (Lipinski definition) is 15. The molecule has 0 saturated carbocycles. The van der Waals surface area contributed by atoms with Gasteiger partial charge in [0.25, 0.3) is 0 Å². The fourth-order valence-electron chi connectivity index (χ4n) is 10.9. The highest BCUT2D eigenvalue weighted by Gasteiger charge is 2.30. The van der Waals surface area contributed by atoms with E-state index < -0.39 is 97.5 Å². The van der Waals surface area contributed by atoms with Gasteiger partial charge in [-0.1, -0.05) is 289 Å². The molecular formula is C89H150O17P2. The van der Waals surface area contributed by atoms with Crippen molar-refractivity contribution in [3.05, 3.63) is 146 Å². The first-order valence-corrected chi connectivity index (χ1v) is 45.1. The van der Waals surface area contributed by atoms with Crippen molar-refractivity contribution in [3.8, 4) is 0 Å². The predicted octanol–water partition coefficient (Wildman–Crippen LogP) is 25.0. The van der Waals surface area contributed by atoms with Crippen LogP contribution in [0.15, 0.2) is 146 Å². The summed E-state index contributed by atoms with van der Waals surface area (Å²) < 4.78 is 68.7. The lowest BCUT2D eigenvalue weighted by Gasteiger charge is -2.21. The molecule has 108 heavy (non-hydrogen) atoms. The first-order valence-electron chi connectivity index (χ1n) is 42.1. The van der Waals surface area contributed by atoms with Crippen LogP contribution in [-0.4, -0.2) is 96.7 Å². The molecular weight excluding hydrogens is 1400 g/mol. The summed E-state index contributed by atoms with van der Waals surface area (Å²) in [6.07, 6.45) is 92.4. The largest absolute Gasteiger partial charge is 0.472 e. The van der Waals surface area contributed by atoms with E-state index in [1.165, 1.54) is 77.0 Å². The molecule has 5 atom stereocenters. The second-order valence-corrected chi connectivity index (χ2v) is 30.6. The summed E-state index contributed by atoms with van der Waals surface area (Å²) >= 11 is 0. The molecule has 0 bridgehead atoms. The summed E-state index contributed by atoms with van der Waals surface area (Å²) in [5.41, 5.74) is 0. The Hall–Kier alpha value is -5.06. The maximum Gasteiger partial charge on any atom is 0.472 e. The van der Waals surface area contributed by atoms with Crippen molar-refractivity contribution < 1.29 is 80.2 Å². The average molecular weight is 1550 g/mol. The van der Waals surface area contributed by atoms with E-state index in [4.69, 9.17) is 37.0 Å². The summed E-state index contributed by atoms with van der Waals surface area (Å²) in [6.45, 7) is 4.57. The number of aliphatic hydroxyl groups is 1. The molecule has 0 radical (unpaired) electrons. The summed E-state index contributed by atoms with van der Waals surface area (Å²) in [5, 5.41) is 10.7. The monoisotopic (exact) mass is 1550 g/mol. The van der Waals surface area contributed by atoms with Gasteiger partial charge in [-0.15, -0.1) is 0 Å². The van der Waals surface area contributed by atoms with Crippen LogP contribution in [0.1, 0.15) is 336 Å². The number of unbranched alkanes of at least 4 members (excludes halogenated alkanes) is 28. The van der Waals surface area contributed by atoms with Gasteiger partial charge in [-0.2, -0.15) is 0 Å². The lowest BCUT2D eigenvalue weighted by molar-refractivity contribution is -0.161. The zero-order valence-corrected chi connectivity index (χ0v) is 69.5. The zero-order chi connectivity index (χ0) is 78.9. The van der Waals surface area contributed by atoms with E-state index in [0.717, 1.165) is 180 Å². The van der Waals surface area contributed by atoms with Crippen molar-refractivity contribution in [2.45, 2.75) is 354 Å². The van der Waals surface area contributed by atoms with Crippen LogP contribution in [0.2, 0.25) is 0 Å². The molecule has 3 N–H and O–H groups in total. The Morgan fingerprint density at radius 1 is 0.269 bits per heavy atom. The van der Waals surface area contributed by atoms with Crippen LogP contribution in [0.3, 0.4) is 0 Å². The third kappa shape index (κ3) is 79.0. The summed E-state index contributed by atoms with van der Waals surface area (Å²) in [5.74, 6) is -2.26. The van der Waals surface area contributed by atoms with Gasteiger partial charge in [-0.3, -0.25) is 37.3 Å². The standard InChI is InChI=1S/C89H150O17P2/c1-5-9-13-17-21-25-29-33-37-39-41-43-47-51-55-59-63-67-71-75-88(93)105-84(79-99-86(91)73-69-65-61-57-53-49-45-35-31-27-23-19-15-11-7-3)81-103-107(95,96)101-77-83(90)78-102-108(97,98)104-82-85(80-100-87(92)74-70-66-62-58-54-50-46-36-32-28-24-20-16-12-8-4)106-89(94)76-72-68-64-60-56-52-48-44-42-40-38-34-30-26-22-18-14-10-6-2/h9-10,13-14,21-22,25-27,31,33-34,36-38,41-44,46,51-52,55-56,83-85,90H,5-8,11-12,15-20,23-24,28-30,32,35,39-40,45,47-50,53-54,57-82H2,1-4H3,(H,95,96)(H,97,98)/b13-9-,14-10-,25-21-,26-22-,31-27-,37-33-,38-34-,43-41-,44-42-,46-36-,55-51-,56-52-/t83-,84+,85+/m0/s1. The number of carbonyl (C=O) groups excluding carboxylic acids is 4. The van der Waals surface area contributed by atoms with E-state index in [0.29, 0.717) is 25.7 Å². The molecule has 0 aliphatic carbocycles. The van der Waals surface area contributed by atoms with E-state index in [1.807, 2.05) is 0 Å². The Kier molecular flexibility index (Phi) is 76.3. The molecule has 0 aromatic carbocycles. The van der Waals surface area contributed by atoms with Crippen molar-refractivity contribution in [3.63, 3.8) is 0 Å². The highest BCUT2D eigenvalue weighted by atomic mass is 31.2. The molecule has 0 fully saturated rings. The van der Waals surface area contributed by atoms with Crippen LogP contribution < -0.4 is 0 Å². The van der Waals surface area contributed by atoms with Crippen molar-refractivity contribution in [2.24, 2.45) is 0 Å². The fourth-order valence-corrected chi connectivity index (χ4v) is 12.5. The maximum absolute atomic E-state index is 13.1. The van der Waals surface area contributed by atoms with Crippen LogP contribution >= 0.6 is 15.6 Å². The van der Waals surface area contributed by atoms with Crippen LogP contribution in [0.4, 0.5) is 0 Å². The van der Waals surface area contributed by atoms with E-state index in [-0.39, 0.29) is 25.7 Å². The van der Waals surface area contributed by atoms with Gasteiger partial charge in [-0.05, 0) is 167 Å². The number of phosphoric ester groups is 2. The normalized spacial score (nSPS) is 14.5. The average Bonchev–Trinajstić information content (AvgIpc) is 0.907. The molecule has 0 spiro atoms. The van der Waals surface area contributed by atoms with Gasteiger partial charge in [0.15, 0.2) is 12.2 Å². The molecule has 0 rings (SSSR count). The first-order chi connectivity index (χ1) is 52.7. The molecule has 0 aliphatic heterocycles. The molecule has 2 unspecified atom stereocenters. The highest BCUT2D eigenvalue weighted by Crippen LogP contribution is 2.45. The van der Waals surface area contributed by atoms with Crippen molar-refractivity contribution in [1.29, 1.82) is 0 Å². The van der Waals surface area contributed by atoms with Crippen molar-refractivity contribution in [1.82, 2.24) is 0 Å². The summed E-state index contributed by atoms with van der Waals surface area (Å²) in [6, 6.07) is 0. The fraction of sp³-hybridized carbons (Fsp3) is 0.685. The predicted molar refractivity (Wildman–Crippen MR) is 445 cm³/mol. The minimum absolute atomic E-state index is 0.0502. The third-order valence-corrected chi connectivity index (χ3v) is 19.2. The second-order valence-electron chi connectivity index (χ2n) is 27.6. The number of carbonyl (C=O) groups is 4. The van der Waals surface area contributed by atoms with Crippen LogP contribution in [0.25, 0.3) is 0 Å². The number of esters is 4. The Labute approximate surface area is 656 Å². The number of allylic oxidation sites excluding steroid dienone is 24. The Morgan fingerprint density at radius 2 is 0.481 bits per heavy atom. The molecule has 0 heterocycles. The number of ether oxygens (including phenoxy) is 4. The molecule has 0 amide bonds. The lowest BCUT2D eigenvalue weighted by atomic mass is 10.1. The van der Waals surface area contributed by atoms with Crippen molar-refractivity contribution >= 4 is 39.5 Å². The van der Waals surface area contributed by atoms with E-state index in [9.17, 15) is 43.2 Å². The molecule has 618 valence electrons. The first kappa shape index (κ1) is 103. The van der Waals surface area contributed by atoms with Crippen LogP contribution in [-0.2, 0) is 65.4 Å². The minimum atomic E-state index is -5.00. The Bertz CT molecular complexity index is 2610. The second kappa shape index (κ2) is 80.0. The maximum atomic E-state index is 13.1. The van der Waals surface area contributed by atoms with Gasteiger partial charge >= 0.3 is 39.5 Å². The smallest absolute Gasteiger partial charge is 0.462 e. The van der Waals surface area contributed by atoms with Gasteiger partial charge in [-0.25, -0.2) is 9.13 Å². The summed E-state index contributed by atoms with van der Waals surface area (Å²) in [7, 11) is -10.00. The van der Waals surface area contributed by atoms with Gasteiger partial charge in [0.2, 0.25) is 0 Å². The van der Waals surface area contributed by atoms with E-state index in [1.54, 1.807) is 0 Å². The van der Waals surface area contributed by atoms with Crippen LogP contribution in [0, 0.1) is 0 Å². The topological polar surface area (TPSA) is 237 Å². The van der Waals surface area contributed by atoms with Gasteiger partial charge in [0.05, 0.1) is 26.4 Å². The number of phosphoric acid groups is 2.